The van der Waals surface area contributed by atoms with Crippen molar-refractivity contribution >= 4 is 16.6 Å². The number of carbonyl (C=O) groups excluding carboxylic acids is 1. The number of hydrogen-bond acceptors (Lipinski definition) is 4. The first-order valence-corrected chi connectivity index (χ1v) is 8.30. The predicted molar refractivity (Wildman–Crippen MR) is 93.6 cm³/mol. The highest BCUT2D eigenvalue weighted by Crippen LogP contribution is 2.24. The molecule has 1 aliphatic rings. The van der Waals surface area contributed by atoms with Gasteiger partial charge in [-0.25, -0.2) is 0 Å². The summed E-state index contributed by atoms with van der Waals surface area (Å²) in [6, 6.07) is 8.32. The van der Waals surface area contributed by atoms with Crippen LogP contribution in [-0.4, -0.2) is 33.6 Å². The molecule has 1 atom stereocenters. The highest BCUT2D eigenvalue weighted by Gasteiger charge is 2.22. The molecule has 1 unspecified atom stereocenters. The number of rotatable bonds is 4. The SMILES string of the molecule is Cn1cc(-c2ccc3cnc(CC(=O)C4CCNC4)cc3c2)cn1. The van der Waals surface area contributed by atoms with Gasteiger partial charge >= 0.3 is 0 Å². The summed E-state index contributed by atoms with van der Waals surface area (Å²) >= 11 is 0. The van der Waals surface area contributed by atoms with E-state index in [0.29, 0.717) is 6.42 Å². The van der Waals surface area contributed by atoms with Gasteiger partial charge in [-0.1, -0.05) is 12.1 Å². The van der Waals surface area contributed by atoms with E-state index in [2.05, 4.69) is 33.6 Å². The first kappa shape index (κ1) is 15.0. The Morgan fingerprint density at radius 3 is 2.92 bits per heavy atom. The monoisotopic (exact) mass is 320 g/mol. The van der Waals surface area contributed by atoms with Gasteiger partial charge in [0.1, 0.15) is 5.78 Å². The smallest absolute Gasteiger partial charge is 0.143 e. The van der Waals surface area contributed by atoms with Crippen LogP contribution < -0.4 is 5.32 Å². The van der Waals surface area contributed by atoms with Crippen LogP contribution in [0.4, 0.5) is 0 Å². The van der Waals surface area contributed by atoms with Gasteiger partial charge in [0.05, 0.1) is 6.20 Å². The molecule has 0 saturated carbocycles. The van der Waals surface area contributed by atoms with Gasteiger partial charge in [0, 0.05) is 55.0 Å². The van der Waals surface area contributed by atoms with Gasteiger partial charge in [-0.15, -0.1) is 0 Å². The highest BCUT2D eigenvalue weighted by molar-refractivity contribution is 5.88. The van der Waals surface area contributed by atoms with Crippen molar-refractivity contribution in [3.63, 3.8) is 0 Å². The molecule has 0 spiro atoms. The molecule has 4 rings (SSSR count). The Kier molecular flexibility index (Phi) is 3.86. The Morgan fingerprint density at radius 2 is 2.17 bits per heavy atom. The normalized spacial score (nSPS) is 17.5. The maximum Gasteiger partial charge on any atom is 0.143 e. The molecule has 122 valence electrons. The van der Waals surface area contributed by atoms with Crippen molar-refractivity contribution in [2.75, 3.05) is 13.1 Å². The summed E-state index contributed by atoms with van der Waals surface area (Å²) in [5, 5.41) is 9.67. The summed E-state index contributed by atoms with van der Waals surface area (Å²) in [6.07, 6.45) is 7.08. The molecule has 1 fully saturated rings. The zero-order chi connectivity index (χ0) is 16.5. The van der Waals surface area contributed by atoms with Gasteiger partial charge in [-0.05, 0) is 36.0 Å². The number of benzene rings is 1. The summed E-state index contributed by atoms with van der Waals surface area (Å²) < 4.78 is 1.80. The molecule has 24 heavy (non-hydrogen) atoms. The average Bonchev–Trinajstić information content (AvgIpc) is 3.25. The van der Waals surface area contributed by atoms with Gasteiger partial charge < -0.3 is 5.32 Å². The topological polar surface area (TPSA) is 59.8 Å². The Hall–Kier alpha value is -2.53. The number of hydrogen-bond donors (Lipinski definition) is 1. The van der Waals surface area contributed by atoms with E-state index in [1.165, 1.54) is 0 Å². The minimum absolute atomic E-state index is 0.143. The largest absolute Gasteiger partial charge is 0.316 e. The van der Waals surface area contributed by atoms with Crippen molar-refractivity contribution in [3.8, 4) is 11.1 Å². The van der Waals surface area contributed by atoms with Gasteiger partial charge in [-0.2, -0.15) is 5.10 Å². The van der Waals surface area contributed by atoms with E-state index in [1.807, 2.05) is 31.7 Å². The molecule has 5 heteroatoms. The molecule has 2 aromatic heterocycles. The standard InChI is InChI=1S/C19H20N4O/c1-23-12-17(11-22-23)13-2-3-14-10-21-18(7-16(14)6-13)8-19(24)15-4-5-20-9-15/h2-3,6-7,10-12,15,20H,4-5,8-9H2,1H3. The Balaban J connectivity index is 1.62. The predicted octanol–water partition coefficient (Wildman–Crippen LogP) is 2.36. The minimum atomic E-state index is 0.143. The second-order valence-electron chi connectivity index (χ2n) is 6.47. The molecule has 0 bridgehead atoms. The first-order chi connectivity index (χ1) is 11.7. The van der Waals surface area contributed by atoms with Crippen molar-refractivity contribution < 1.29 is 4.79 Å². The molecule has 1 N–H and O–H groups in total. The number of aryl methyl sites for hydroxylation is 1. The second-order valence-corrected chi connectivity index (χ2v) is 6.47. The Morgan fingerprint density at radius 1 is 1.25 bits per heavy atom. The molecule has 5 nitrogen and oxygen atoms in total. The number of Topliss-reactive ketones (excluding diaryl/α,β-unsaturated/α-hetero) is 1. The fraction of sp³-hybridized carbons (Fsp3) is 0.316. The van der Waals surface area contributed by atoms with Crippen molar-refractivity contribution in [2.24, 2.45) is 13.0 Å². The third kappa shape index (κ3) is 2.95. The van der Waals surface area contributed by atoms with Crippen molar-refractivity contribution in [3.05, 3.63) is 48.5 Å². The Labute approximate surface area is 140 Å². The number of fused-ring (bicyclic) bond motifs is 1. The van der Waals surface area contributed by atoms with Crippen molar-refractivity contribution in [1.29, 1.82) is 0 Å². The fourth-order valence-corrected chi connectivity index (χ4v) is 3.29. The first-order valence-electron chi connectivity index (χ1n) is 8.30. The summed E-state index contributed by atoms with van der Waals surface area (Å²) in [6.45, 7) is 1.74. The van der Waals surface area contributed by atoms with E-state index >= 15 is 0 Å². The molecule has 1 aliphatic heterocycles. The number of ketones is 1. The number of nitrogens with one attached hydrogen (secondary N) is 1. The third-order valence-corrected chi connectivity index (χ3v) is 4.69. The zero-order valence-corrected chi connectivity index (χ0v) is 13.7. The summed E-state index contributed by atoms with van der Waals surface area (Å²) in [5.41, 5.74) is 3.06. The van der Waals surface area contributed by atoms with Crippen LogP contribution >= 0.6 is 0 Å². The maximum absolute atomic E-state index is 12.4. The lowest BCUT2D eigenvalue weighted by atomic mass is 9.98. The van der Waals surface area contributed by atoms with Crippen molar-refractivity contribution in [1.82, 2.24) is 20.1 Å². The van der Waals surface area contributed by atoms with Crippen LogP contribution in [0.15, 0.2) is 42.9 Å². The summed E-state index contributed by atoms with van der Waals surface area (Å²) in [7, 11) is 1.91. The van der Waals surface area contributed by atoms with Crippen LogP contribution in [0.5, 0.6) is 0 Å². The summed E-state index contributed by atoms with van der Waals surface area (Å²) in [5.74, 6) is 0.430. The molecule has 1 saturated heterocycles. The van der Waals surface area contributed by atoms with E-state index in [9.17, 15) is 4.79 Å². The number of pyridine rings is 1. The fourth-order valence-electron chi connectivity index (χ4n) is 3.29. The molecular formula is C19H20N4O. The summed E-state index contributed by atoms with van der Waals surface area (Å²) in [4.78, 5) is 16.8. The zero-order valence-electron chi connectivity index (χ0n) is 13.7. The number of nitrogens with zero attached hydrogens (tertiary/aromatic N) is 3. The van der Waals surface area contributed by atoms with Crippen LogP contribution in [0.25, 0.3) is 21.9 Å². The molecular weight excluding hydrogens is 300 g/mol. The van der Waals surface area contributed by atoms with Crippen LogP contribution in [0.3, 0.4) is 0 Å². The quantitative estimate of drug-likeness (QED) is 0.802. The van der Waals surface area contributed by atoms with E-state index in [0.717, 1.165) is 47.1 Å². The highest BCUT2D eigenvalue weighted by atomic mass is 16.1. The van der Waals surface area contributed by atoms with Gasteiger partial charge in [0.2, 0.25) is 0 Å². The number of carbonyl (C=O) groups is 1. The number of aromatic nitrogens is 3. The molecule has 3 heterocycles. The van der Waals surface area contributed by atoms with Gasteiger partial charge in [0.15, 0.2) is 0 Å². The van der Waals surface area contributed by atoms with E-state index in [1.54, 1.807) is 4.68 Å². The molecule has 3 aromatic rings. The average molecular weight is 320 g/mol. The molecule has 0 amide bonds. The van der Waals surface area contributed by atoms with Gasteiger partial charge in [-0.3, -0.25) is 14.5 Å². The van der Waals surface area contributed by atoms with Crippen LogP contribution in [0, 0.1) is 5.92 Å². The van der Waals surface area contributed by atoms with E-state index in [4.69, 9.17) is 0 Å². The third-order valence-electron chi connectivity index (χ3n) is 4.69. The lowest BCUT2D eigenvalue weighted by Gasteiger charge is -2.08. The molecule has 0 radical (unpaired) electrons. The van der Waals surface area contributed by atoms with Crippen LogP contribution in [0.1, 0.15) is 12.1 Å². The second kappa shape index (κ2) is 6.17. The molecule has 0 aliphatic carbocycles. The maximum atomic E-state index is 12.4. The van der Waals surface area contributed by atoms with E-state index < -0.39 is 0 Å². The van der Waals surface area contributed by atoms with Crippen molar-refractivity contribution in [2.45, 2.75) is 12.8 Å². The lowest BCUT2D eigenvalue weighted by molar-refractivity contribution is -0.121. The molecule has 1 aromatic carbocycles. The minimum Gasteiger partial charge on any atom is -0.316 e. The Bertz CT molecular complexity index is 893. The van der Waals surface area contributed by atoms with Gasteiger partial charge in [0.25, 0.3) is 0 Å². The van der Waals surface area contributed by atoms with Crippen LogP contribution in [0.2, 0.25) is 0 Å². The van der Waals surface area contributed by atoms with Crippen LogP contribution in [-0.2, 0) is 18.3 Å². The lowest BCUT2D eigenvalue weighted by Crippen LogP contribution is -2.19. The van der Waals surface area contributed by atoms with E-state index in [-0.39, 0.29) is 11.7 Å².